The van der Waals surface area contributed by atoms with Crippen LogP contribution in [-0.2, 0) is 0 Å². The monoisotopic (exact) mass is 308 g/mol. The Balaban J connectivity index is 2.23. The third-order valence-electron chi connectivity index (χ3n) is 3.19. The summed E-state index contributed by atoms with van der Waals surface area (Å²) in [5, 5.41) is 4.02. The van der Waals surface area contributed by atoms with Crippen molar-refractivity contribution in [3.8, 4) is 0 Å². The van der Waals surface area contributed by atoms with Crippen LogP contribution in [0.1, 0.15) is 31.3 Å². The van der Waals surface area contributed by atoms with E-state index >= 15 is 0 Å². The van der Waals surface area contributed by atoms with E-state index < -0.39 is 0 Å². The quantitative estimate of drug-likeness (QED) is 0.892. The minimum Gasteiger partial charge on any atom is -0.351 e. The summed E-state index contributed by atoms with van der Waals surface area (Å²) in [6.45, 7) is 6.20. The van der Waals surface area contributed by atoms with Crippen LogP contribution in [-0.4, -0.2) is 16.9 Å². The van der Waals surface area contributed by atoms with Gasteiger partial charge in [0.25, 0.3) is 5.91 Å². The number of benzene rings is 1. The number of aromatic amines is 1. The Hall–Kier alpha value is -1.29. The van der Waals surface area contributed by atoms with E-state index in [0.29, 0.717) is 11.6 Å². The molecule has 1 unspecified atom stereocenters. The van der Waals surface area contributed by atoms with Gasteiger partial charge in [0.15, 0.2) is 0 Å². The van der Waals surface area contributed by atoms with Crippen molar-refractivity contribution in [3.63, 3.8) is 0 Å². The highest BCUT2D eigenvalue weighted by atomic mass is 79.9. The maximum Gasteiger partial charge on any atom is 0.267 e. The molecule has 0 saturated heterocycles. The van der Waals surface area contributed by atoms with E-state index in [1.807, 2.05) is 31.2 Å². The first kappa shape index (κ1) is 13.1. The van der Waals surface area contributed by atoms with Crippen LogP contribution < -0.4 is 5.32 Å². The predicted octanol–water partition coefficient (Wildman–Crippen LogP) is 3.70. The van der Waals surface area contributed by atoms with Gasteiger partial charge in [0.05, 0.1) is 0 Å². The lowest BCUT2D eigenvalue weighted by atomic mass is 10.1. The molecule has 2 rings (SSSR count). The van der Waals surface area contributed by atoms with Crippen molar-refractivity contribution in [3.05, 3.63) is 34.4 Å². The highest BCUT2D eigenvalue weighted by Gasteiger charge is 2.14. The second-order valence-electron chi connectivity index (χ2n) is 4.92. The van der Waals surface area contributed by atoms with Gasteiger partial charge in [-0.25, -0.2) is 0 Å². The Kier molecular flexibility index (Phi) is 3.76. The Morgan fingerprint density at radius 2 is 2.00 bits per heavy atom. The fourth-order valence-corrected chi connectivity index (χ4v) is 2.06. The van der Waals surface area contributed by atoms with Gasteiger partial charge in [-0.05, 0) is 37.1 Å². The number of aromatic nitrogens is 1. The number of rotatable bonds is 3. The lowest BCUT2D eigenvalue weighted by Crippen LogP contribution is -2.36. The Bertz CT molecular complexity index is 574. The minimum atomic E-state index is -0.0523. The van der Waals surface area contributed by atoms with Crippen molar-refractivity contribution >= 4 is 32.7 Å². The maximum absolute atomic E-state index is 12.1. The highest BCUT2D eigenvalue weighted by Crippen LogP contribution is 2.20. The van der Waals surface area contributed by atoms with Crippen LogP contribution in [0.2, 0.25) is 0 Å². The smallest absolute Gasteiger partial charge is 0.267 e. The van der Waals surface area contributed by atoms with Crippen LogP contribution in [0.3, 0.4) is 0 Å². The molecule has 0 fully saturated rings. The molecule has 0 aliphatic rings. The van der Waals surface area contributed by atoms with Gasteiger partial charge in [0.1, 0.15) is 5.69 Å². The second-order valence-corrected chi connectivity index (χ2v) is 5.84. The summed E-state index contributed by atoms with van der Waals surface area (Å²) in [7, 11) is 0. The summed E-state index contributed by atoms with van der Waals surface area (Å²) in [5.41, 5.74) is 1.58. The van der Waals surface area contributed by atoms with Crippen LogP contribution in [0.5, 0.6) is 0 Å². The second kappa shape index (κ2) is 5.14. The van der Waals surface area contributed by atoms with Crippen LogP contribution in [0.15, 0.2) is 28.7 Å². The highest BCUT2D eigenvalue weighted by molar-refractivity contribution is 9.10. The molecule has 1 amide bonds. The van der Waals surface area contributed by atoms with Gasteiger partial charge in [-0.15, -0.1) is 0 Å². The maximum atomic E-state index is 12.1. The Labute approximate surface area is 115 Å². The molecule has 18 heavy (non-hydrogen) atoms. The molecule has 2 aromatic rings. The molecule has 3 nitrogen and oxygen atoms in total. The SMILES string of the molecule is CC(C)C(C)NC(=O)c1cc2cc(Br)ccc2[nH]1. The van der Waals surface area contributed by atoms with Crippen molar-refractivity contribution in [2.24, 2.45) is 5.92 Å². The summed E-state index contributed by atoms with van der Waals surface area (Å²) < 4.78 is 1.01. The molecule has 0 radical (unpaired) electrons. The first-order valence-electron chi connectivity index (χ1n) is 6.06. The number of carbonyl (C=O) groups is 1. The van der Waals surface area contributed by atoms with Crippen LogP contribution >= 0.6 is 15.9 Å². The summed E-state index contributed by atoms with van der Waals surface area (Å²) in [5.74, 6) is 0.371. The lowest BCUT2D eigenvalue weighted by Gasteiger charge is -2.16. The molecular formula is C14H17BrN2O. The number of hydrogen-bond acceptors (Lipinski definition) is 1. The summed E-state index contributed by atoms with van der Waals surface area (Å²) >= 11 is 3.42. The van der Waals surface area contributed by atoms with E-state index in [9.17, 15) is 4.79 Å². The zero-order valence-corrected chi connectivity index (χ0v) is 12.3. The van der Waals surface area contributed by atoms with Crippen LogP contribution in [0.4, 0.5) is 0 Å². The van der Waals surface area contributed by atoms with Gasteiger partial charge >= 0.3 is 0 Å². The molecule has 1 heterocycles. The van der Waals surface area contributed by atoms with Crippen molar-refractivity contribution in [2.45, 2.75) is 26.8 Å². The van der Waals surface area contributed by atoms with Gasteiger partial charge < -0.3 is 10.3 Å². The third kappa shape index (κ3) is 2.75. The first-order chi connectivity index (χ1) is 8.47. The summed E-state index contributed by atoms with van der Waals surface area (Å²) in [6.07, 6.45) is 0. The van der Waals surface area contributed by atoms with Crippen molar-refractivity contribution in [1.82, 2.24) is 10.3 Å². The van der Waals surface area contributed by atoms with Crippen LogP contribution in [0.25, 0.3) is 10.9 Å². The number of halogens is 1. The average molecular weight is 309 g/mol. The van der Waals surface area contributed by atoms with Crippen molar-refractivity contribution in [1.29, 1.82) is 0 Å². The largest absolute Gasteiger partial charge is 0.351 e. The number of amides is 1. The number of fused-ring (bicyclic) bond motifs is 1. The summed E-state index contributed by atoms with van der Waals surface area (Å²) in [4.78, 5) is 15.2. The van der Waals surface area contributed by atoms with E-state index in [4.69, 9.17) is 0 Å². The normalized spacial score (nSPS) is 12.9. The van der Waals surface area contributed by atoms with Gasteiger partial charge in [-0.2, -0.15) is 0 Å². The fraction of sp³-hybridized carbons (Fsp3) is 0.357. The molecular weight excluding hydrogens is 292 g/mol. The molecule has 2 N–H and O–H groups in total. The molecule has 1 aromatic carbocycles. The van der Waals surface area contributed by atoms with E-state index in [1.54, 1.807) is 0 Å². The van der Waals surface area contributed by atoms with Gasteiger partial charge in [-0.3, -0.25) is 4.79 Å². The molecule has 0 spiro atoms. The zero-order valence-electron chi connectivity index (χ0n) is 10.8. The van der Waals surface area contributed by atoms with E-state index in [0.717, 1.165) is 15.4 Å². The number of nitrogens with one attached hydrogen (secondary N) is 2. The van der Waals surface area contributed by atoms with Gasteiger partial charge in [0, 0.05) is 21.4 Å². The standard InChI is InChI=1S/C14H17BrN2O/c1-8(2)9(3)16-14(18)13-7-10-6-11(15)4-5-12(10)17-13/h4-9,17H,1-3H3,(H,16,18). The average Bonchev–Trinajstić information content (AvgIpc) is 2.71. The van der Waals surface area contributed by atoms with E-state index in [2.05, 4.69) is 40.1 Å². The molecule has 0 bridgehead atoms. The molecule has 0 aliphatic carbocycles. The molecule has 0 saturated carbocycles. The number of carbonyl (C=O) groups excluding carboxylic acids is 1. The number of hydrogen-bond donors (Lipinski definition) is 2. The molecule has 4 heteroatoms. The molecule has 1 aromatic heterocycles. The molecule has 0 aliphatic heterocycles. The third-order valence-corrected chi connectivity index (χ3v) is 3.68. The van der Waals surface area contributed by atoms with Gasteiger partial charge in [-0.1, -0.05) is 29.8 Å². The van der Waals surface area contributed by atoms with Crippen molar-refractivity contribution < 1.29 is 4.79 Å². The zero-order chi connectivity index (χ0) is 13.3. The fourth-order valence-electron chi connectivity index (χ4n) is 1.68. The van der Waals surface area contributed by atoms with Crippen LogP contribution in [0, 0.1) is 5.92 Å². The number of H-pyrrole nitrogens is 1. The van der Waals surface area contributed by atoms with E-state index in [1.165, 1.54) is 0 Å². The molecule has 96 valence electrons. The van der Waals surface area contributed by atoms with Gasteiger partial charge in [0.2, 0.25) is 0 Å². The molecule has 1 atom stereocenters. The lowest BCUT2D eigenvalue weighted by molar-refractivity contribution is 0.0926. The van der Waals surface area contributed by atoms with E-state index in [-0.39, 0.29) is 11.9 Å². The topological polar surface area (TPSA) is 44.9 Å². The predicted molar refractivity (Wildman–Crippen MR) is 77.8 cm³/mol. The Morgan fingerprint density at radius 1 is 1.28 bits per heavy atom. The summed E-state index contributed by atoms with van der Waals surface area (Å²) in [6, 6.07) is 7.95. The van der Waals surface area contributed by atoms with Crippen molar-refractivity contribution in [2.75, 3.05) is 0 Å². The Morgan fingerprint density at radius 3 is 2.67 bits per heavy atom. The minimum absolute atomic E-state index is 0.0523. The first-order valence-corrected chi connectivity index (χ1v) is 6.86.